The highest BCUT2D eigenvalue weighted by Crippen LogP contribution is 1.94. The molecule has 0 N–H and O–H groups in total. The summed E-state index contributed by atoms with van der Waals surface area (Å²) in [4.78, 5) is 10.9. The second-order valence-electron chi connectivity index (χ2n) is 2.56. The zero-order valence-corrected chi connectivity index (χ0v) is 8.47. The lowest BCUT2D eigenvalue weighted by Crippen LogP contribution is -2.00. The van der Waals surface area contributed by atoms with Gasteiger partial charge < -0.3 is 4.74 Å². The molecule has 0 unspecified atom stereocenters. The van der Waals surface area contributed by atoms with E-state index in [2.05, 4.69) is 16.6 Å². The zero-order chi connectivity index (χ0) is 10.3. The van der Waals surface area contributed by atoms with Crippen LogP contribution in [0.25, 0.3) is 0 Å². The summed E-state index contributed by atoms with van der Waals surface area (Å²) in [5.74, 6) is 5.30. The van der Waals surface area contributed by atoms with Gasteiger partial charge in [0.15, 0.2) is 0 Å². The number of carbonyl (C=O) groups excluding carboxylic acids is 1. The third kappa shape index (κ3) is 4.86. The van der Waals surface area contributed by atoms with Crippen molar-refractivity contribution < 1.29 is 9.53 Å². The van der Waals surface area contributed by atoms with Crippen molar-refractivity contribution >= 4 is 5.97 Å². The Kier molecular flexibility index (Phi) is 5.38. The van der Waals surface area contributed by atoms with E-state index >= 15 is 0 Å². The van der Waals surface area contributed by atoms with Crippen LogP contribution in [0.4, 0.5) is 0 Å². The van der Waals surface area contributed by atoms with Crippen molar-refractivity contribution in [1.29, 1.82) is 0 Å². The van der Waals surface area contributed by atoms with E-state index < -0.39 is 0 Å². The summed E-state index contributed by atoms with van der Waals surface area (Å²) in [6.45, 7) is 5.50. The molecule has 0 amide bonds. The van der Waals surface area contributed by atoms with Crippen molar-refractivity contribution in [3.8, 4) is 11.8 Å². The number of rotatable bonds is 1. The molecule has 70 valence electrons. The van der Waals surface area contributed by atoms with Crippen molar-refractivity contribution in [1.82, 2.24) is 0 Å². The number of methoxy groups -OCH3 is 1. The highest BCUT2D eigenvalue weighted by atomic mass is 16.5. The third-order valence-corrected chi connectivity index (χ3v) is 1.50. The maximum Gasteiger partial charge on any atom is 0.334 e. The molecule has 0 aliphatic carbocycles. The smallest absolute Gasteiger partial charge is 0.334 e. The van der Waals surface area contributed by atoms with Gasteiger partial charge in [0.1, 0.15) is 0 Å². The second-order valence-corrected chi connectivity index (χ2v) is 2.56. The molecule has 0 aliphatic rings. The molecule has 0 aromatic heterocycles. The Hall–Kier alpha value is -1.49. The fourth-order valence-corrected chi connectivity index (χ4v) is 0.550. The summed E-state index contributed by atoms with van der Waals surface area (Å²) in [5.41, 5.74) is 1.49. The van der Waals surface area contributed by atoms with Gasteiger partial charge in [-0.05, 0) is 32.4 Å². The van der Waals surface area contributed by atoms with Gasteiger partial charge in [0.05, 0.1) is 7.11 Å². The van der Waals surface area contributed by atoms with E-state index in [1.165, 1.54) is 7.11 Å². The van der Waals surface area contributed by atoms with Gasteiger partial charge in [0, 0.05) is 5.57 Å². The number of hydrogen-bond acceptors (Lipinski definition) is 2. The number of esters is 1. The number of carbonyl (C=O) groups is 1. The molecule has 2 nitrogen and oxygen atoms in total. The molecule has 0 aliphatic heterocycles. The molecule has 0 saturated heterocycles. The molecule has 2 heteroatoms. The first-order valence-corrected chi connectivity index (χ1v) is 4.01. The summed E-state index contributed by atoms with van der Waals surface area (Å²) in [6, 6.07) is 0. The molecule has 0 radical (unpaired) electrons. The van der Waals surface area contributed by atoms with E-state index in [9.17, 15) is 4.79 Å². The van der Waals surface area contributed by atoms with Gasteiger partial charge in [-0.15, -0.1) is 0 Å². The Labute approximate surface area is 79.3 Å². The zero-order valence-electron chi connectivity index (χ0n) is 8.47. The summed E-state index contributed by atoms with van der Waals surface area (Å²) in [7, 11) is 1.35. The monoisotopic (exact) mass is 178 g/mol. The lowest BCUT2D eigenvalue weighted by Gasteiger charge is -1.93. The lowest BCUT2D eigenvalue weighted by molar-refractivity contribution is -0.136. The number of ether oxygens (including phenoxy) is 1. The fraction of sp³-hybridized carbons (Fsp3) is 0.364. The molecule has 0 aromatic rings. The van der Waals surface area contributed by atoms with Gasteiger partial charge in [0.25, 0.3) is 0 Å². The van der Waals surface area contributed by atoms with Crippen molar-refractivity contribution in [3.05, 3.63) is 23.3 Å². The van der Waals surface area contributed by atoms with Crippen molar-refractivity contribution in [3.63, 3.8) is 0 Å². The van der Waals surface area contributed by atoms with Gasteiger partial charge in [-0.2, -0.15) is 0 Å². The molecule has 0 aromatic carbocycles. The molecule has 0 atom stereocenters. The van der Waals surface area contributed by atoms with Crippen LogP contribution in [0, 0.1) is 11.8 Å². The maximum atomic E-state index is 10.9. The van der Waals surface area contributed by atoms with Crippen LogP contribution in [0.5, 0.6) is 0 Å². The van der Waals surface area contributed by atoms with Crippen LogP contribution in [0.3, 0.4) is 0 Å². The van der Waals surface area contributed by atoms with Crippen molar-refractivity contribution in [2.24, 2.45) is 0 Å². The molecular formula is C11H14O2. The maximum absolute atomic E-state index is 10.9. The summed E-state index contributed by atoms with van der Waals surface area (Å²) in [5, 5.41) is 0. The van der Waals surface area contributed by atoms with Crippen LogP contribution in [0.15, 0.2) is 23.3 Å². The first-order valence-electron chi connectivity index (χ1n) is 4.01. The minimum atomic E-state index is -0.340. The predicted molar refractivity (Wildman–Crippen MR) is 53.0 cm³/mol. The van der Waals surface area contributed by atoms with Gasteiger partial charge in [-0.1, -0.05) is 17.9 Å². The minimum absolute atomic E-state index is 0.340. The molecule has 13 heavy (non-hydrogen) atoms. The molecule has 0 saturated carbocycles. The summed E-state index contributed by atoms with van der Waals surface area (Å²) in [6.07, 6.45) is 3.47. The second kappa shape index (κ2) is 6.07. The molecule has 0 heterocycles. The highest BCUT2D eigenvalue weighted by Gasteiger charge is 1.99. The number of hydrogen-bond donors (Lipinski definition) is 0. The van der Waals surface area contributed by atoms with Gasteiger partial charge in [-0.25, -0.2) is 4.79 Å². The number of allylic oxidation sites excluding steroid dienone is 3. The Bertz CT molecular complexity index is 298. The minimum Gasteiger partial charge on any atom is -0.466 e. The molecule has 0 spiro atoms. The quantitative estimate of drug-likeness (QED) is 0.349. The normalized spacial score (nSPS) is 11.7. The van der Waals surface area contributed by atoms with Crippen LogP contribution in [0.2, 0.25) is 0 Å². The first-order chi connectivity index (χ1) is 6.11. The average molecular weight is 178 g/mol. The Morgan fingerprint density at radius 2 is 2.00 bits per heavy atom. The Morgan fingerprint density at radius 3 is 2.46 bits per heavy atom. The van der Waals surface area contributed by atoms with Crippen molar-refractivity contribution in [2.75, 3.05) is 7.11 Å². The third-order valence-electron chi connectivity index (χ3n) is 1.50. The van der Waals surface area contributed by atoms with E-state index in [-0.39, 0.29) is 5.97 Å². The van der Waals surface area contributed by atoms with E-state index in [1.54, 1.807) is 13.0 Å². The summed E-state index contributed by atoms with van der Waals surface area (Å²) < 4.78 is 4.51. The Balaban J connectivity index is 4.40. The highest BCUT2D eigenvalue weighted by molar-refractivity contribution is 5.88. The largest absolute Gasteiger partial charge is 0.466 e. The average Bonchev–Trinajstić information content (AvgIpc) is 2.15. The van der Waals surface area contributed by atoms with Crippen LogP contribution in [-0.2, 0) is 9.53 Å². The van der Waals surface area contributed by atoms with Crippen LogP contribution < -0.4 is 0 Å². The van der Waals surface area contributed by atoms with E-state index in [0.717, 1.165) is 5.57 Å². The predicted octanol–water partition coefficient (Wildman–Crippen LogP) is 2.08. The fourth-order valence-electron chi connectivity index (χ4n) is 0.550. The van der Waals surface area contributed by atoms with Gasteiger partial charge in [-0.3, -0.25) is 0 Å². The topological polar surface area (TPSA) is 26.3 Å². The van der Waals surface area contributed by atoms with Crippen LogP contribution in [0.1, 0.15) is 20.8 Å². The van der Waals surface area contributed by atoms with Crippen molar-refractivity contribution in [2.45, 2.75) is 20.8 Å². The molecule has 0 fully saturated rings. The van der Waals surface area contributed by atoms with Crippen LogP contribution in [-0.4, -0.2) is 13.1 Å². The molecule has 0 rings (SSSR count). The SMILES string of the molecule is C/C=C(\C)C#C/C=C(/C)C(=O)OC. The first kappa shape index (κ1) is 11.5. The van der Waals surface area contributed by atoms with Gasteiger partial charge in [0.2, 0.25) is 0 Å². The standard InChI is InChI=1S/C11H14O2/c1-5-9(2)7-6-8-10(3)11(12)13-4/h5,8H,1-4H3/b9-5+,10-8-. The summed E-state index contributed by atoms with van der Waals surface area (Å²) >= 11 is 0. The Morgan fingerprint density at radius 1 is 1.38 bits per heavy atom. The molecular weight excluding hydrogens is 164 g/mol. The molecule has 0 bridgehead atoms. The van der Waals surface area contributed by atoms with Gasteiger partial charge >= 0.3 is 5.97 Å². The van der Waals surface area contributed by atoms with E-state index in [0.29, 0.717) is 5.57 Å². The van der Waals surface area contributed by atoms with E-state index in [4.69, 9.17) is 0 Å². The van der Waals surface area contributed by atoms with E-state index in [1.807, 2.05) is 19.9 Å². The lowest BCUT2D eigenvalue weighted by atomic mass is 10.2. The van der Waals surface area contributed by atoms with Crippen LogP contribution >= 0.6 is 0 Å².